The van der Waals surface area contributed by atoms with Crippen molar-refractivity contribution in [1.29, 1.82) is 0 Å². The van der Waals surface area contributed by atoms with E-state index in [2.05, 4.69) is 45.1 Å². The van der Waals surface area contributed by atoms with Crippen molar-refractivity contribution in [2.24, 2.45) is 0 Å². The molecule has 6 heteroatoms. The number of anilines is 1. The number of hydrogen-bond acceptors (Lipinski definition) is 5. The van der Waals surface area contributed by atoms with Crippen molar-refractivity contribution in [2.45, 2.75) is 58.3 Å². The van der Waals surface area contributed by atoms with Crippen molar-refractivity contribution >= 4 is 11.6 Å². The van der Waals surface area contributed by atoms with Crippen LogP contribution in [-0.4, -0.2) is 20.1 Å². The van der Waals surface area contributed by atoms with Crippen LogP contribution in [-0.2, 0) is 10.8 Å². The maximum Gasteiger partial charge on any atom is 0.291 e. The number of hydrogen-bond donors (Lipinski definition) is 1. The summed E-state index contributed by atoms with van der Waals surface area (Å²) in [6, 6.07) is 12.9. The Morgan fingerprint density at radius 3 is 2.29 bits per heavy atom. The number of aryl methyl sites for hydroxylation is 1. The largest absolute Gasteiger partial charge is 0.494 e. The van der Waals surface area contributed by atoms with Crippen molar-refractivity contribution in [1.82, 2.24) is 0 Å². The van der Waals surface area contributed by atoms with Crippen LogP contribution in [0, 0.1) is 6.92 Å². The minimum absolute atomic E-state index is 0.104. The number of rotatable bonds is 7. The first-order chi connectivity index (χ1) is 16.1. The highest BCUT2D eigenvalue weighted by atomic mass is 16.6. The van der Waals surface area contributed by atoms with Gasteiger partial charge in [-0.1, -0.05) is 39.8 Å². The fourth-order valence-corrected chi connectivity index (χ4v) is 5.09. The lowest BCUT2D eigenvalue weighted by Crippen LogP contribution is -2.20. The Hall–Kier alpha value is -3.41. The van der Waals surface area contributed by atoms with Crippen LogP contribution in [0.4, 0.5) is 5.69 Å². The van der Waals surface area contributed by atoms with Crippen molar-refractivity contribution in [2.75, 3.05) is 19.5 Å². The molecule has 0 radical (unpaired) electrons. The number of furan rings is 1. The van der Waals surface area contributed by atoms with E-state index in [0.29, 0.717) is 17.2 Å². The Morgan fingerprint density at radius 1 is 1.00 bits per heavy atom. The number of carbonyl (C=O) groups is 1. The molecular weight excluding hydrogens is 430 g/mol. The van der Waals surface area contributed by atoms with E-state index in [0.717, 1.165) is 24.2 Å². The third kappa shape index (κ3) is 4.13. The van der Waals surface area contributed by atoms with Gasteiger partial charge < -0.3 is 23.9 Å². The van der Waals surface area contributed by atoms with Crippen LogP contribution in [0.1, 0.15) is 67.8 Å². The lowest BCUT2D eigenvalue weighted by molar-refractivity contribution is 0.0991. The zero-order chi connectivity index (χ0) is 24.7. The molecule has 1 aliphatic carbocycles. The Bertz CT molecular complexity index is 1200. The van der Waals surface area contributed by atoms with Gasteiger partial charge in [-0.15, -0.1) is 0 Å². The zero-order valence-electron chi connectivity index (χ0n) is 21.0. The highest BCUT2D eigenvalue weighted by Gasteiger charge is 2.44. The van der Waals surface area contributed by atoms with Gasteiger partial charge in [0.2, 0.25) is 0 Å². The standard InChI is InChI=1S/C28H33NO5/c1-8-28(5)16-27(3,4)18-14-17(2)23(15-19(18)28)34-24-13-12-22(33-24)26(30)29-25-20(31-6)10-9-11-21(25)32-7/h9-15H,8,16H2,1-7H3,(H,29,30). The van der Waals surface area contributed by atoms with Crippen LogP contribution < -0.4 is 19.5 Å². The maximum absolute atomic E-state index is 12.9. The van der Waals surface area contributed by atoms with E-state index in [1.807, 2.05) is 6.92 Å². The van der Waals surface area contributed by atoms with E-state index in [4.69, 9.17) is 18.6 Å². The topological polar surface area (TPSA) is 69.9 Å². The van der Waals surface area contributed by atoms with Gasteiger partial charge in [0, 0.05) is 6.07 Å². The third-order valence-electron chi connectivity index (χ3n) is 6.99. The van der Waals surface area contributed by atoms with E-state index in [1.54, 1.807) is 30.3 Å². The molecule has 1 amide bonds. The summed E-state index contributed by atoms with van der Waals surface area (Å²) >= 11 is 0. The molecule has 1 aromatic heterocycles. The fraction of sp³-hybridized carbons (Fsp3) is 0.393. The average Bonchev–Trinajstić information content (AvgIpc) is 3.35. The minimum atomic E-state index is -0.427. The Balaban J connectivity index is 1.58. The van der Waals surface area contributed by atoms with Crippen molar-refractivity contribution in [3.8, 4) is 23.2 Å². The molecule has 180 valence electrons. The molecule has 0 bridgehead atoms. The van der Waals surface area contributed by atoms with Crippen LogP contribution in [0.15, 0.2) is 46.9 Å². The summed E-state index contributed by atoms with van der Waals surface area (Å²) in [6.07, 6.45) is 2.16. The smallest absolute Gasteiger partial charge is 0.291 e. The zero-order valence-corrected chi connectivity index (χ0v) is 21.0. The number of nitrogens with one attached hydrogen (secondary N) is 1. The second kappa shape index (κ2) is 8.75. The molecule has 2 aromatic carbocycles. The number of fused-ring (bicyclic) bond motifs is 1. The molecular formula is C28H33NO5. The van der Waals surface area contributed by atoms with Gasteiger partial charge in [0.05, 0.1) is 14.2 Å². The predicted octanol–water partition coefficient (Wildman–Crippen LogP) is 7.00. The molecule has 0 fully saturated rings. The van der Waals surface area contributed by atoms with Gasteiger partial charge in [-0.3, -0.25) is 4.79 Å². The first-order valence-corrected chi connectivity index (χ1v) is 11.6. The molecule has 0 spiro atoms. The van der Waals surface area contributed by atoms with Gasteiger partial charge in [-0.05, 0) is 71.6 Å². The minimum Gasteiger partial charge on any atom is -0.494 e. The summed E-state index contributed by atoms with van der Waals surface area (Å²) in [4.78, 5) is 12.9. The predicted molar refractivity (Wildman–Crippen MR) is 133 cm³/mol. The molecule has 1 unspecified atom stereocenters. The first-order valence-electron chi connectivity index (χ1n) is 11.6. The van der Waals surface area contributed by atoms with Gasteiger partial charge in [-0.25, -0.2) is 0 Å². The molecule has 34 heavy (non-hydrogen) atoms. The molecule has 1 N–H and O–H groups in total. The summed E-state index contributed by atoms with van der Waals surface area (Å²) in [5, 5.41) is 2.81. The molecule has 6 nitrogen and oxygen atoms in total. The molecule has 3 aromatic rings. The Labute approximate surface area is 201 Å². The average molecular weight is 464 g/mol. The quantitative estimate of drug-likeness (QED) is 0.408. The van der Waals surface area contributed by atoms with Gasteiger partial charge >= 0.3 is 0 Å². The summed E-state index contributed by atoms with van der Waals surface area (Å²) in [6.45, 7) is 11.2. The Kier molecular flexibility index (Phi) is 6.11. The van der Waals surface area contributed by atoms with Gasteiger partial charge in [0.25, 0.3) is 11.9 Å². The van der Waals surface area contributed by atoms with Gasteiger partial charge in [0.1, 0.15) is 22.9 Å². The van der Waals surface area contributed by atoms with Gasteiger partial charge in [0.15, 0.2) is 5.76 Å². The van der Waals surface area contributed by atoms with Crippen LogP contribution in [0.25, 0.3) is 0 Å². The van der Waals surface area contributed by atoms with Crippen molar-refractivity contribution in [3.63, 3.8) is 0 Å². The summed E-state index contributed by atoms with van der Waals surface area (Å²) in [7, 11) is 3.07. The normalized spacial score (nSPS) is 18.3. The number of para-hydroxylation sites is 1. The summed E-state index contributed by atoms with van der Waals surface area (Å²) in [5.41, 5.74) is 4.41. The summed E-state index contributed by atoms with van der Waals surface area (Å²) < 4.78 is 22.6. The van der Waals surface area contributed by atoms with E-state index in [9.17, 15) is 4.79 Å². The number of amides is 1. The number of carbonyl (C=O) groups excluding carboxylic acids is 1. The highest BCUT2D eigenvalue weighted by molar-refractivity contribution is 6.04. The molecule has 0 saturated carbocycles. The molecule has 0 saturated heterocycles. The van der Waals surface area contributed by atoms with Gasteiger partial charge in [-0.2, -0.15) is 0 Å². The second-order valence-corrected chi connectivity index (χ2v) is 9.85. The van der Waals surface area contributed by atoms with E-state index in [-0.39, 0.29) is 22.5 Å². The lowest BCUT2D eigenvalue weighted by atomic mass is 9.78. The molecule has 1 aliphatic rings. The lowest BCUT2D eigenvalue weighted by Gasteiger charge is -2.26. The van der Waals surface area contributed by atoms with Crippen molar-refractivity contribution in [3.05, 3.63) is 64.9 Å². The fourth-order valence-electron chi connectivity index (χ4n) is 5.09. The molecule has 4 rings (SSSR count). The van der Waals surface area contributed by atoms with Crippen LogP contribution in [0.2, 0.25) is 0 Å². The maximum atomic E-state index is 12.9. The SMILES string of the molecule is CCC1(C)CC(C)(C)c2cc(C)c(Oc3ccc(C(=O)Nc4c(OC)cccc4OC)o3)cc21. The van der Waals surface area contributed by atoms with Crippen molar-refractivity contribution < 1.29 is 23.4 Å². The number of methoxy groups -OCH3 is 2. The first kappa shape index (κ1) is 23.7. The van der Waals surface area contributed by atoms with Crippen LogP contribution in [0.5, 0.6) is 23.2 Å². The third-order valence-corrected chi connectivity index (χ3v) is 6.99. The van der Waals surface area contributed by atoms with E-state index < -0.39 is 5.91 Å². The molecule has 1 atom stereocenters. The van der Waals surface area contributed by atoms with E-state index >= 15 is 0 Å². The molecule has 1 heterocycles. The monoisotopic (exact) mass is 463 g/mol. The van der Waals surface area contributed by atoms with Crippen LogP contribution in [0.3, 0.4) is 0 Å². The highest BCUT2D eigenvalue weighted by Crippen LogP contribution is 2.52. The van der Waals surface area contributed by atoms with E-state index in [1.165, 1.54) is 25.3 Å². The molecule has 0 aliphatic heterocycles. The second-order valence-electron chi connectivity index (χ2n) is 9.85. The number of ether oxygens (including phenoxy) is 3. The summed E-state index contributed by atoms with van der Waals surface area (Å²) in [5.74, 6) is 1.68. The Morgan fingerprint density at radius 2 is 1.68 bits per heavy atom. The van der Waals surface area contributed by atoms with Crippen LogP contribution >= 0.6 is 0 Å². The number of benzene rings is 2.